The molecule has 1 aliphatic rings. The van der Waals surface area contributed by atoms with Crippen LogP contribution in [0.5, 0.6) is 0 Å². The van der Waals surface area contributed by atoms with Crippen LogP contribution >= 0.6 is 0 Å². The number of anilines is 1. The van der Waals surface area contributed by atoms with Crippen molar-refractivity contribution in [2.45, 2.75) is 26.2 Å². The van der Waals surface area contributed by atoms with E-state index in [0.717, 1.165) is 12.1 Å². The third kappa shape index (κ3) is 4.09. The van der Waals surface area contributed by atoms with Crippen LogP contribution < -0.4 is 10.3 Å². The normalized spacial score (nSPS) is 17.5. The summed E-state index contributed by atoms with van der Waals surface area (Å²) in [6.45, 7) is 3.05. The van der Waals surface area contributed by atoms with Crippen molar-refractivity contribution in [3.8, 4) is 0 Å². The summed E-state index contributed by atoms with van der Waals surface area (Å²) in [5.74, 6) is -2.42. The monoisotopic (exact) mass is 392 g/mol. The molecule has 3 rings (SSSR count). The van der Waals surface area contributed by atoms with Crippen molar-refractivity contribution in [1.82, 2.24) is 10.2 Å². The fraction of sp³-hybridized carbons (Fsp3) is 0.263. The van der Waals surface area contributed by atoms with Gasteiger partial charge in [-0.25, -0.2) is 18.2 Å². The van der Waals surface area contributed by atoms with E-state index in [1.807, 2.05) is 0 Å². The van der Waals surface area contributed by atoms with Crippen molar-refractivity contribution >= 4 is 17.4 Å². The highest BCUT2D eigenvalue weighted by Gasteiger charge is 2.32. The molecule has 0 bridgehead atoms. The summed E-state index contributed by atoms with van der Waals surface area (Å²) >= 11 is 0. The molecule has 28 heavy (non-hydrogen) atoms. The Morgan fingerprint density at radius 1 is 1.18 bits per heavy atom. The molecule has 0 aromatic heterocycles. The number of halogens is 3. The summed E-state index contributed by atoms with van der Waals surface area (Å²) in [5, 5.41) is 18.6. The maximum Gasteiger partial charge on any atom is 0.240 e. The Morgan fingerprint density at radius 2 is 1.86 bits per heavy atom. The van der Waals surface area contributed by atoms with Gasteiger partial charge in [-0.3, -0.25) is 4.79 Å². The van der Waals surface area contributed by atoms with Crippen LogP contribution in [0.1, 0.15) is 25.5 Å². The van der Waals surface area contributed by atoms with Gasteiger partial charge >= 0.3 is 0 Å². The molecular formula is C19H19F3N4O2. The first-order valence-electron chi connectivity index (χ1n) is 8.55. The smallest absolute Gasteiger partial charge is 0.240 e. The fourth-order valence-electron chi connectivity index (χ4n) is 2.85. The maximum atomic E-state index is 13.4. The molecule has 1 aliphatic heterocycles. The molecular weight excluding hydrogens is 373 g/mol. The Labute approximate surface area is 159 Å². The third-order valence-corrected chi connectivity index (χ3v) is 4.39. The number of amides is 1. The van der Waals surface area contributed by atoms with E-state index in [2.05, 4.69) is 10.4 Å². The van der Waals surface area contributed by atoms with Crippen LogP contribution in [0.2, 0.25) is 0 Å². The van der Waals surface area contributed by atoms with Gasteiger partial charge in [0.15, 0.2) is 11.6 Å². The molecule has 0 saturated heterocycles. The Kier molecular flexibility index (Phi) is 5.55. The van der Waals surface area contributed by atoms with Crippen LogP contribution in [0.25, 0.3) is 0 Å². The van der Waals surface area contributed by atoms with Crippen LogP contribution in [-0.4, -0.2) is 34.6 Å². The van der Waals surface area contributed by atoms with Gasteiger partial charge in [-0.05, 0) is 55.8 Å². The third-order valence-electron chi connectivity index (χ3n) is 4.39. The second-order valence-electron chi connectivity index (χ2n) is 6.41. The summed E-state index contributed by atoms with van der Waals surface area (Å²) in [5.41, 5.74) is 0.874. The van der Waals surface area contributed by atoms with Gasteiger partial charge in [0.05, 0.1) is 11.7 Å². The van der Waals surface area contributed by atoms with Gasteiger partial charge in [0, 0.05) is 0 Å². The molecule has 2 atom stereocenters. The summed E-state index contributed by atoms with van der Waals surface area (Å²) in [6.07, 6.45) is -1.24. The van der Waals surface area contributed by atoms with E-state index >= 15 is 0 Å². The average molecular weight is 392 g/mol. The van der Waals surface area contributed by atoms with Crippen molar-refractivity contribution in [2.24, 2.45) is 5.10 Å². The van der Waals surface area contributed by atoms with E-state index in [1.165, 1.54) is 40.2 Å². The summed E-state index contributed by atoms with van der Waals surface area (Å²) < 4.78 is 39.5. The zero-order valence-electron chi connectivity index (χ0n) is 15.2. The highest BCUT2D eigenvalue weighted by molar-refractivity contribution is 5.89. The highest BCUT2D eigenvalue weighted by Crippen LogP contribution is 2.24. The molecule has 2 N–H and O–H groups in total. The number of nitrogens with zero attached hydrogens (tertiary/aromatic N) is 3. The van der Waals surface area contributed by atoms with E-state index in [4.69, 9.17) is 0 Å². The Hall–Kier alpha value is -3.07. The van der Waals surface area contributed by atoms with E-state index < -0.39 is 35.8 Å². The van der Waals surface area contributed by atoms with Crippen LogP contribution in [0.3, 0.4) is 0 Å². The van der Waals surface area contributed by atoms with Gasteiger partial charge in [0.2, 0.25) is 12.3 Å². The molecule has 0 radical (unpaired) electrons. The van der Waals surface area contributed by atoms with Crippen molar-refractivity contribution in [3.63, 3.8) is 0 Å². The van der Waals surface area contributed by atoms with Crippen molar-refractivity contribution in [3.05, 3.63) is 65.5 Å². The molecule has 148 valence electrons. The van der Waals surface area contributed by atoms with Crippen molar-refractivity contribution in [2.75, 3.05) is 11.6 Å². The lowest BCUT2D eigenvalue weighted by atomic mass is 10.1. The first-order valence-corrected chi connectivity index (χ1v) is 8.55. The SMILES string of the molecule is CC1=NN(c2ccc(F)cc2)C(O)N1CC(=O)N[C@@H](C)c1ccc(F)c(F)c1. The second-order valence-corrected chi connectivity index (χ2v) is 6.41. The molecule has 9 heteroatoms. The van der Waals surface area contributed by atoms with Crippen molar-refractivity contribution < 1.29 is 23.1 Å². The predicted molar refractivity (Wildman–Crippen MR) is 97.6 cm³/mol. The predicted octanol–water partition coefficient (Wildman–Crippen LogP) is 2.71. The molecule has 0 saturated carbocycles. The van der Waals surface area contributed by atoms with Crippen LogP contribution in [0, 0.1) is 17.5 Å². The Morgan fingerprint density at radius 3 is 2.50 bits per heavy atom. The van der Waals surface area contributed by atoms with Gasteiger partial charge in [-0.1, -0.05) is 6.07 Å². The Bertz CT molecular complexity index is 905. The number of amidine groups is 1. The van der Waals surface area contributed by atoms with Gasteiger partial charge < -0.3 is 15.3 Å². The molecule has 1 heterocycles. The van der Waals surface area contributed by atoms with Crippen molar-refractivity contribution in [1.29, 1.82) is 0 Å². The minimum atomic E-state index is -1.24. The van der Waals surface area contributed by atoms with Crippen LogP contribution in [0.4, 0.5) is 18.9 Å². The van der Waals surface area contributed by atoms with Gasteiger partial charge in [0.25, 0.3) is 0 Å². The molecule has 6 nitrogen and oxygen atoms in total. The number of carbonyl (C=O) groups excluding carboxylic acids is 1. The number of rotatable bonds is 5. The minimum Gasteiger partial charge on any atom is -0.355 e. The molecule has 2 aromatic rings. The standard InChI is InChI=1S/C19H19F3N4O2/c1-11(13-3-8-16(21)17(22)9-13)23-18(27)10-25-12(2)24-26(19(25)28)15-6-4-14(20)5-7-15/h3-9,11,19,28H,10H2,1-2H3,(H,23,27)/t11-,19?/m0/s1. The van der Waals surface area contributed by atoms with E-state index in [1.54, 1.807) is 13.8 Å². The molecule has 0 aliphatic carbocycles. The molecule has 1 unspecified atom stereocenters. The van der Waals surface area contributed by atoms with E-state index in [-0.39, 0.29) is 6.54 Å². The van der Waals surface area contributed by atoms with E-state index in [0.29, 0.717) is 17.1 Å². The first-order chi connectivity index (χ1) is 13.3. The molecule has 2 aromatic carbocycles. The van der Waals surface area contributed by atoms with Gasteiger partial charge in [0.1, 0.15) is 18.2 Å². The Balaban J connectivity index is 1.64. The minimum absolute atomic E-state index is 0.206. The highest BCUT2D eigenvalue weighted by atomic mass is 19.2. The number of hydrogen-bond acceptors (Lipinski definition) is 5. The number of nitrogens with one attached hydrogen (secondary N) is 1. The number of aliphatic hydroxyl groups excluding tert-OH is 1. The number of hydrazone groups is 1. The number of hydrogen-bond donors (Lipinski definition) is 2. The van der Waals surface area contributed by atoms with Crippen LogP contribution in [-0.2, 0) is 4.79 Å². The van der Waals surface area contributed by atoms with Crippen LogP contribution in [0.15, 0.2) is 47.6 Å². The summed E-state index contributed by atoms with van der Waals surface area (Å²) in [7, 11) is 0. The summed E-state index contributed by atoms with van der Waals surface area (Å²) in [4.78, 5) is 13.7. The molecule has 0 spiro atoms. The maximum absolute atomic E-state index is 13.4. The number of benzene rings is 2. The number of aliphatic hydroxyl groups is 1. The number of carbonyl (C=O) groups is 1. The lowest BCUT2D eigenvalue weighted by Crippen LogP contribution is -2.47. The first kappa shape index (κ1) is 19.7. The zero-order valence-corrected chi connectivity index (χ0v) is 15.2. The topological polar surface area (TPSA) is 68.2 Å². The van der Waals surface area contributed by atoms with Gasteiger partial charge in [-0.2, -0.15) is 5.10 Å². The fourth-order valence-corrected chi connectivity index (χ4v) is 2.85. The van der Waals surface area contributed by atoms with E-state index in [9.17, 15) is 23.1 Å². The zero-order chi connectivity index (χ0) is 20.4. The molecule has 0 fully saturated rings. The summed E-state index contributed by atoms with van der Waals surface area (Å²) in [6, 6.07) is 8.25. The second kappa shape index (κ2) is 7.89. The lowest BCUT2D eigenvalue weighted by Gasteiger charge is -2.27. The molecule has 1 amide bonds. The largest absolute Gasteiger partial charge is 0.355 e. The van der Waals surface area contributed by atoms with Gasteiger partial charge in [-0.15, -0.1) is 0 Å². The quantitative estimate of drug-likeness (QED) is 0.821. The lowest BCUT2D eigenvalue weighted by molar-refractivity contribution is -0.123. The average Bonchev–Trinajstić information content (AvgIpc) is 2.92.